The van der Waals surface area contributed by atoms with Crippen LogP contribution in [0.5, 0.6) is 0 Å². The van der Waals surface area contributed by atoms with Gasteiger partial charge in [0.05, 0.1) is 0 Å². The van der Waals surface area contributed by atoms with Crippen molar-refractivity contribution in [3.63, 3.8) is 0 Å². The average molecular weight is 362 g/mol. The predicted molar refractivity (Wildman–Crippen MR) is 115 cm³/mol. The van der Waals surface area contributed by atoms with Crippen LogP contribution in [0.25, 0.3) is 21.5 Å². The van der Waals surface area contributed by atoms with E-state index in [1.165, 1.54) is 32.7 Å². The number of fused-ring (bicyclic) bond motifs is 2. The first kappa shape index (κ1) is 17.4. The van der Waals surface area contributed by atoms with Crippen LogP contribution in [-0.4, -0.2) is 4.57 Å². The zero-order valence-corrected chi connectivity index (χ0v) is 17.2. The van der Waals surface area contributed by atoms with Crippen molar-refractivity contribution in [2.24, 2.45) is 0 Å². The molecule has 0 aliphatic carbocycles. The average Bonchev–Trinajstić information content (AvgIpc) is 3.17. The van der Waals surface area contributed by atoms with E-state index < -0.39 is 0 Å². The molecule has 0 bridgehead atoms. The number of rotatable bonds is 3. The van der Waals surface area contributed by atoms with Gasteiger partial charge in [-0.05, 0) is 61.0 Å². The summed E-state index contributed by atoms with van der Waals surface area (Å²) in [4.78, 5) is 0. The third kappa shape index (κ3) is 3.19. The highest BCUT2D eigenvalue weighted by atomic mass is 32.1. The molecule has 2 heteroatoms. The Labute approximate surface area is 160 Å². The van der Waals surface area contributed by atoms with E-state index in [0.717, 1.165) is 6.54 Å². The van der Waals surface area contributed by atoms with E-state index in [2.05, 4.69) is 98.7 Å². The molecule has 0 amide bonds. The molecule has 4 rings (SSSR count). The number of thiophene rings is 1. The van der Waals surface area contributed by atoms with Gasteiger partial charge in [0, 0.05) is 24.4 Å². The summed E-state index contributed by atoms with van der Waals surface area (Å²) in [6.45, 7) is 12.5. The molecule has 0 N–H and O–H groups in total. The lowest BCUT2D eigenvalue weighted by atomic mass is 9.84. The van der Waals surface area contributed by atoms with Crippen LogP contribution >= 0.6 is 11.3 Å². The number of hydrogen-bond donors (Lipinski definition) is 0. The molecule has 2 aromatic carbocycles. The molecule has 1 nitrogen and oxygen atoms in total. The van der Waals surface area contributed by atoms with Gasteiger partial charge in [-0.3, -0.25) is 0 Å². The summed E-state index contributed by atoms with van der Waals surface area (Å²) in [6.07, 6.45) is 4.59. The molecule has 0 atom stereocenters. The molecular formula is C24H27NS. The molecule has 4 aromatic rings. The fourth-order valence-electron chi connectivity index (χ4n) is 3.69. The molecule has 0 aliphatic heterocycles. The first-order valence-corrected chi connectivity index (χ1v) is 10.2. The molecule has 0 unspecified atom stereocenters. The Morgan fingerprint density at radius 2 is 1.35 bits per heavy atom. The Balaban J connectivity index is 1.66. The molecule has 2 heterocycles. The Kier molecular flexibility index (Phi) is 4.00. The highest BCUT2D eigenvalue weighted by Gasteiger charge is 2.22. The smallest absolute Gasteiger partial charge is 0.0311 e. The lowest BCUT2D eigenvalue weighted by Crippen LogP contribution is -2.23. The maximum absolute atomic E-state index is 2.36. The molecule has 0 saturated heterocycles. The Hall–Kier alpha value is -2.06. The van der Waals surface area contributed by atoms with E-state index in [1.54, 1.807) is 11.3 Å². The van der Waals surface area contributed by atoms with Gasteiger partial charge < -0.3 is 4.57 Å². The summed E-state index contributed by atoms with van der Waals surface area (Å²) < 4.78 is 2.36. The molecule has 2 aromatic heterocycles. The normalized spacial score (nSPS) is 13.0. The van der Waals surface area contributed by atoms with Crippen molar-refractivity contribution < 1.29 is 0 Å². The highest BCUT2D eigenvalue weighted by molar-refractivity contribution is 7.09. The van der Waals surface area contributed by atoms with E-state index in [0.29, 0.717) is 0 Å². The van der Waals surface area contributed by atoms with Crippen LogP contribution < -0.4 is 0 Å². The predicted octanol–water partition coefficient (Wildman–Crippen LogP) is 7.13. The fourth-order valence-corrected chi connectivity index (χ4v) is 4.47. The zero-order valence-electron chi connectivity index (χ0n) is 16.3. The Morgan fingerprint density at radius 3 is 2.12 bits per heavy atom. The summed E-state index contributed by atoms with van der Waals surface area (Å²) in [6, 6.07) is 13.8. The van der Waals surface area contributed by atoms with E-state index in [1.807, 2.05) is 0 Å². The molecule has 26 heavy (non-hydrogen) atoms. The van der Waals surface area contributed by atoms with Crippen LogP contribution in [0.3, 0.4) is 0 Å². The molecular weight excluding hydrogens is 334 g/mol. The first-order chi connectivity index (χ1) is 12.2. The largest absolute Gasteiger partial charge is 0.352 e. The minimum atomic E-state index is 0.0814. The minimum Gasteiger partial charge on any atom is -0.352 e. The van der Waals surface area contributed by atoms with Gasteiger partial charge in [-0.15, -0.1) is 0 Å². The number of aromatic nitrogens is 1. The second-order valence-electron chi connectivity index (χ2n) is 9.12. The summed E-state index contributed by atoms with van der Waals surface area (Å²) in [7, 11) is 0. The van der Waals surface area contributed by atoms with Gasteiger partial charge in [-0.25, -0.2) is 0 Å². The minimum absolute atomic E-state index is 0.0814. The number of benzene rings is 2. The standard InChI is InChI=1S/C24H27NS/c1-23(2,3)21-8-6-17-12-25(13-19(17)10-21)16-24(4,5)22-9-7-18-14-26-15-20(18)11-22/h6-15H,16H2,1-5H3. The topological polar surface area (TPSA) is 4.93 Å². The van der Waals surface area contributed by atoms with Gasteiger partial charge in [0.15, 0.2) is 0 Å². The van der Waals surface area contributed by atoms with E-state index in [4.69, 9.17) is 0 Å². The van der Waals surface area contributed by atoms with Crippen LogP contribution in [0.15, 0.2) is 59.6 Å². The third-order valence-corrected chi connectivity index (χ3v) is 6.18. The third-order valence-electron chi connectivity index (χ3n) is 5.40. The summed E-state index contributed by atoms with van der Waals surface area (Å²) in [5.41, 5.74) is 3.06. The van der Waals surface area contributed by atoms with Gasteiger partial charge in [0.2, 0.25) is 0 Å². The van der Waals surface area contributed by atoms with E-state index in [-0.39, 0.29) is 10.8 Å². The number of nitrogens with zero attached hydrogens (tertiary/aromatic N) is 1. The SMILES string of the molecule is CC(C)(C)c1ccc2cn(CC(C)(C)c3ccc4cscc4c3)cc2c1. The summed E-state index contributed by atoms with van der Waals surface area (Å²) >= 11 is 1.78. The summed E-state index contributed by atoms with van der Waals surface area (Å²) in [5.74, 6) is 0. The van der Waals surface area contributed by atoms with Crippen molar-refractivity contribution in [3.05, 3.63) is 70.7 Å². The second-order valence-corrected chi connectivity index (χ2v) is 9.87. The van der Waals surface area contributed by atoms with Crippen molar-refractivity contribution in [1.82, 2.24) is 4.57 Å². The lowest BCUT2D eigenvalue weighted by Gasteiger charge is -2.26. The van der Waals surface area contributed by atoms with Crippen molar-refractivity contribution in [1.29, 1.82) is 0 Å². The van der Waals surface area contributed by atoms with Gasteiger partial charge in [0.1, 0.15) is 0 Å². The molecule has 0 radical (unpaired) electrons. The van der Waals surface area contributed by atoms with Crippen LogP contribution in [0.4, 0.5) is 0 Å². The maximum atomic E-state index is 2.36. The molecule has 0 fully saturated rings. The summed E-state index contributed by atoms with van der Waals surface area (Å²) in [5, 5.41) is 9.82. The lowest BCUT2D eigenvalue weighted by molar-refractivity contribution is 0.437. The Bertz CT molecular complexity index is 1070. The van der Waals surface area contributed by atoms with Crippen molar-refractivity contribution in [2.75, 3.05) is 0 Å². The van der Waals surface area contributed by atoms with Gasteiger partial charge in [0.25, 0.3) is 0 Å². The maximum Gasteiger partial charge on any atom is 0.0311 e. The monoisotopic (exact) mass is 361 g/mol. The van der Waals surface area contributed by atoms with Crippen LogP contribution in [0.2, 0.25) is 0 Å². The van der Waals surface area contributed by atoms with Crippen molar-refractivity contribution in [3.8, 4) is 0 Å². The van der Waals surface area contributed by atoms with Crippen LogP contribution in [0, 0.1) is 0 Å². The quantitative estimate of drug-likeness (QED) is 0.366. The molecule has 0 saturated carbocycles. The van der Waals surface area contributed by atoms with Crippen LogP contribution in [-0.2, 0) is 17.4 Å². The molecule has 134 valence electrons. The highest BCUT2D eigenvalue weighted by Crippen LogP contribution is 2.31. The second kappa shape index (κ2) is 5.99. The van der Waals surface area contributed by atoms with E-state index >= 15 is 0 Å². The van der Waals surface area contributed by atoms with Crippen molar-refractivity contribution >= 4 is 32.9 Å². The first-order valence-electron chi connectivity index (χ1n) is 9.29. The fraction of sp³-hybridized carbons (Fsp3) is 0.333. The zero-order chi connectivity index (χ0) is 18.5. The van der Waals surface area contributed by atoms with Crippen LogP contribution in [0.1, 0.15) is 45.7 Å². The molecule has 0 aliphatic rings. The Morgan fingerprint density at radius 1 is 0.731 bits per heavy atom. The molecule has 0 spiro atoms. The van der Waals surface area contributed by atoms with Crippen molar-refractivity contribution in [2.45, 2.75) is 52.0 Å². The van der Waals surface area contributed by atoms with Gasteiger partial charge >= 0.3 is 0 Å². The van der Waals surface area contributed by atoms with E-state index in [9.17, 15) is 0 Å². The number of hydrogen-bond acceptors (Lipinski definition) is 1. The van der Waals surface area contributed by atoms with Gasteiger partial charge in [-0.1, -0.05) is 58.9 Å². The van der Waals surface area contributed by atoms with Gasteiger partial charge in [-0.2, -0.15) is 11.3 Å².